The molecule has 1 heterocycles. The number of carbonyl (C=O) groups is 1. The van der Waals surface area contributed by atoms with Crippen LogP contribution in [0.25, 0.3) is 0 Å². The molecule has 5 nitrogen and oxygen atoms in total. The van der Waals surface area contributed by atoms with Gasteiger partial charge in [0.15, 0.2) is 0 Å². The van der Waals surface area contributed by atoms with E-state index < -0.39 is 0 Å². The zero-order valence-electron chi connectivity index (χ0n) is 13.1. The number of amides is 1. The Kier molecular flexibility index (Phi) is 5.74. The molecular formula is C15H26N2O3. The van der Waals surface area contributed by atoms with Crippen molar-refractivity contribution in [1.29, 1.82) is 0 Å². The van der Waals surface area contributed by atoms with E-state index in [-0.39, 0.29) is 24.0 Å². The van der Waals surface area contributed by atoms with Gasteiger partial charge in [-0.15, -0.1) is 0 Å². The quantitative estimate of drug-likeness (QED) is 0.805. The van der Waals surface area contributed by atoms with E-state index in [0.717, 1.165) is 23.4 Å². The number of carbonyl (C=O) groups excluding carboxylic acids is 1. The third kappa shape index (κ3) is 4.07. The van der Waals surface area contributed by atoms with Crippen molar-refractivity contribution in [3.63, 3.8) is 0 Å². The van der Waals surface area contributed by atoms with Crippen LogP contribution >= 0.6 is 0 Å². The van der Waals surface area contributed by atoms with Gasteiger partial charge in [-0.3, -0.25) is 4.79 Å². The molecule has 0 radical (unpaired) electrons. The van der Waals surface area contributed by atoms with Crippen molar-refractivity contribution >= 4 is 5.91 Å². The zero-order chi connectivity index (χ0) is 15.3. The summed E-state index contributed by atoms with van der Waals surface area (Å²) in [6, 6.07) is 0. The lowest BCUT2D eigenvalue weighted by Crippen LogP contribution is -2.46. The van der Waals surface area contributed by atoms with Gasteiger partial charge in [0.05, 0.1) is 5.69 Å². The molecule has 2 atom stereocenters. The maximum atomic E-state index is 12.2. The molecule has 20 heavy (non-hydrogen) atoms. The van der Waals surface area contributed by atoms with Crippen molar-refractivity contribution in [3.8, 4) is 0 Å². The summed E-state index contributed by atoms with van der Waals surface area (Å²) in [5.74, 6) is 0.836. The molecule has 0 aliphatic rings. The molecule has 0 spiro atoms. The lowest BCUT2D eigenvalue weighted by atomic mass is 9.92. The highest BCUT2D eigenvalue weighted by atomic mass is 16.5. The summed E-state index contributed by atoms with van der Waals surface area (Å²) in [5.41, 5.74) is 1.52. The summed E-state index contributed by atoms with van der Waals surface area (Å²) in [6.45, 7) is 9.80. The Labute approximate surface area is 120 Å². The largest absolute Gasteiger partial charge is 0.396 e. The van der Waals surface area contributed by atoms with Gasteiger partial charge in [-0.25, -0.2) is 0 Å². The Bertz CT molecular complexity index is 436. The number of rotatable bonds is 7. The normalized spacial score (nSPS) is 15.7. The second-order valence-corrected chi connectivity index (χ2v) is 5.78. The summed E-state index contributed by atoms with van der Waals surface area (Å²) in [7, 11) is 0. The molecule has 2 N–H and O–H groups in total. The van der Waals surface area contributed by atoms with Gasteiger partial charge in [0.1, 0.15) is 5.76 Å². The lowest BCUT2D eigenvalue weighted by Gasteiger charge is -2.29. The molecule has 1 amide bonds. The van der Waals surface area contributed by atoms with Crippen LogP contribution in [0.3, 0.4) is 0 Å². The smallest absolute Gasteiger partial charge is 0.221 e. The van der Waals surface area contributed by atoms with E-state index in [1.165, 1.54) is 0 Å². The first kappa shape index (κ1) is 16.7. The first-order valence-electron chi connectivity index (χ1n) is 7.17. The maximum absolute atomic E-state index is 12.2. The van der Waals surface area contributed by atoms with E-state index in [9.17, 15) is 4.79 Å². The number of aromatic nitrogens is 1. The summed E-state index contributed by atoms with van der Waals surface area (Å²) >= 11 is 0. The van der Waals surface area contributed by atoms with Crippen molar-refractivity contribution in [2.75, 3.05) is 6.61 Å². The predicted octanol–water partition coefficient (Wildman–Crippen LogP) is 2.45. The minimum Gasteiger partial charge on any atom is -0.396 e. The topological polar surface area (TPSA) is 75.4 Å². The molecule has 0 aliphatic heterocycles. The SMILES string of the molecule is CCC(C)(CCO)NC(=O)CC(C)c1c(C)noc1C. The van der Waals surface area contributed by atoms with Gasteiger partial charge in [-0.2, -0.15) is 0 Å². The number of hydrogen-bond donors (Lipinski definition) is 2. The Morgan fingerprint density at radius 2 is 2.15 bits per heavy atom. The molecule has 0 bridgehead atoms. The van der Waals surface area contributed by atoms with Crippen molar-refractivity contribution < 1.29 is 14.4 Å². The highest BCUT2D eigenvalue weighted by molar-refractivity contribution is 5.77. The third-order valence-electron chi connectivity index (χ3n) is 3.96. The highest BCUT2D eigenvalue weighted by Gasteiger charge is 2.26. The van der Waals surface area contributed by atoms with Gasteiger partial charge in [0, 0.05) is 24.1 Å². The first-order valence-corrected chi connectivity index (χ1v) is 7.17. The average molecular weight is 282 g/mol. The summed E-state index contributed by atoms with van der Waals surface area (Å²) in [4.78, 5) is 12.2. The number of nitrogens with zero attached hydrogens (tertiary/aromatic N) is 1. The Hall–Kier alpha value is -1.36. The van der Waals surface area contributed by atoms with Gasteiger partial charge in [-0.05, 0) is 39.5 Å². The number of aliphatic hydroxyl groups excluding tert-OH is 1. The van der Waals surface area contributed by atoms with Crippen molar-refractivity contribution in [1.82, 2.24) is 10.5 Å². The fraction of sp³-hybridized carbons (Fsp3) is 0.733. The van der Waals surface area contributed by atoms with Crippen molar-refractivity contribution in [2.45, 2.75) is 65.3 Å². The number of hydrogen-bond acceptors (Lipinski definition) is 4. The van der Waals surface area contributed by atoms with Crippen LogP contribution in [0.15, 0.2) is 4.52 Å². The maximum Gasteiger partial charge on any atom is 0.221 e. The summed E-state index contributed by atoms with van der Waals surface area (Å²) < 4.78 is 5.14. The number of aliphatic hydroxyl groups is 1. The molecule has 0 saturated carbocycles. The molecule has 1 rings (SSSR count). The van der Waals surface area contributed by atoms with Crippen molar-refractivity contribution in [2.24, 2.45) is 0 Å². The van der Waals surface area contributed by atoms with Crippen LogP contribution in [0.4, 0.5) is 0 Å². The average Bonchev–Trinajstić information content (AvgIpc) is 2.68. The molecule has 0 saturated heterocycles. The molecule has 0 aliphatic carbocycles. The van der Waals surface area contributed by atoms with Crippen LogP contribution < -0.4 is 5.32 Å². The molecule has 0 aromatic carbocycles. The van der Waals surface area contributed by atoms with Gasteiger partial charge >= 0.3 is 0 Å². The van der Waals surface area contributed by atoms with E-state index in [1.54, 1.807) is 0 Å². The fourth-order valence-corrected chi connectivity index (χ4v) is 2.54. The summed E-state index contributed by atoms with van der Waals surface area (Å²) in [6.07, 6.45) is 1.75. The molecule has 1 aromatic rings. The van der Waals surface area contributed by atoms with Crippen LogP contribution in [0.1, 0.15) is 63.0 Å². The van der Waals surface area contributed by atoms with Crippen LogP contribution in [-0.4, -0.2) is 28.3 Å². The first-order chi connectivity index (χ1) is 9.33. The molecular weight excluding hydrogens is 256 g/mol. The van der Waals surface area contributed by atoms with E-state index in [2.05, 4.69) is 10.5 Å². The van der Waals surface area contributed by atoms with Gasteiger partial charge in [-0.1, -0.05) is 19.0 Å². The monoisotopic (exact) mass is 282 g/mol. The third-order valence-corrected chi connectivity index (χ3v) is 3.96. The number of nitrogens with one attached hydrogen (secondary N) is 1. The van der Waals surface area contributed by atoms with E-state index in [0.29, 0.717) is 12.8 Å². The Morgan fingerprint density at radius 3 is 2.60 bits per heavy atom. The second kappa shape index (κ2) is 6.88. The Morgan fingerprint density at radius 1 is 1.50 bits per heavy atom. The van der Waals surface area contributed by atoms with Crippen molar-refractivity contribution in [3.05, 3.63) is 17.0 Å². The molecule has 114 valence electrons. The van der Waals surface area contributed by atoms with E-state index in [1.807, 2.05) is 34.6 Å². The zero-order valence-corrected chi connectivity index (χ0v) is 13.1. The Balaban J connectivity index is 2.67. The molecule has 2 unspecified atom stereocenters. The lowest BCUT2D eigenvalue weighted by molar-refractivity contribution is -0.123. The van der Waals surface area contributed by atoms with Gasteiger partial charge in [0.25, 0.3) is 0 Å². The van der Waals surface area contributed by atoms with Gasteiger partial charge in [0.2, 0.25) is 5.91 Å². The number of aryl methyl sites for hydroxylation is 2. The van der Waals surface area contributed by atoms with Crippen LogP contribution in [0.5, 0.6) is 0 Å². The standard InChI is InChI=1S/C15H26N2O3/c1-6-15(5,7-8-18)16-13(19)9-10(2)14-11(3)17-20-12(14)4/h10,18H,6-9H2,1-5H3,(H,16,19). The molecule has 5 heteroatoms. The van der Waals surface area contributed by atoms with Crippen LogP contribution in [-0.2, 0) is 4.79 Å². The van der Waals surface area contributed by atoms with Gasteiger partial charge < -0.3 is 14.9 Å². The fourth-order valence-electron chi connectivity index (χ4n) is 2.54. The second-order valence-electron chi connectivity index (χ2n) is 5.78. The highest BCUT2D eigenvalue weighted by Crippen LogP contribution is 2.26. The van der Waals surface area contributed by atoms with Crippen LogP contribution in [0.2, 0.25) is 0 Å². The predicted molar refractivity (Wildman–Crippen MR) is 77.6 cm³/mol. The molecule has 1 aromatic heterocycles. The summed E-state index contributed by atoms with van der Waals surface area (Å²) in [5, 5.41) is 16.0. The minimum absolute atomic E-state index is 0.00435. The van der Waals surface area contributed by atoms with E-state index in [4.69, 9.17) is 9.63 Å². The molecule has 0 fully saturated rings. The van der Waals surface area contributed by atoms with Crippen LogP contribution in [0, 0.1) is 13.8 Å². The minimum atomic E-state index is -0.343. The van der Waals surface area contributed by atoms with E-state index >= 15 is 0 Å².